The van der Waals surface area contributed by atoms with Gasteiger partial charge in [0.25, 0.3) is 0 Å². The van der Waals surface area contributed by atoms with E-state index in [9.17, 15) is 8.42 Å². The predicted octanol–water partition coefficient (Wildman–Crippen LogP) is 10.3. The molecule has 0 aromatic carbocycles. The van der Waals surface area contributed by atoms with Crippen LogP contribution in [-0.4, -0.2) is 81.3 Å². The molecule has 0 heterocycles. The molecule has 0 unspecified atom stereocenters. The van der Waals surface area contributed by atoms with E-state index in [1.165, 1.54) is 167 Å². The van der Waals surface area contributed by atoms with Gasteiger partial charge < -0.3 is 15.3 Å². The van der Waals surface area contributed by atoms with Gasteiger partial charge in [0.1, 0.15) is 0 Å². The van der Waals surface area contributed by atoms with E-state index in [-0.39, 0.29) is 33.0 Å². The van der Waals surface area contributed by atoms with Crippen LogP contribution in [0.3, 0.4) is 0 Å². The molecule has 9 heteroatoms. The molecule has 0 atom stereocenters. The standard InChI is InChI=1S/C34H70O4S.C6H15NO3/c1-3-5-7-9-11-13-15-17-19-20-22-24-26-28-30-32-34-38-39(35,36)37-33-31-29-27-25-23-21-18-16-14-12-10-8-6-4-2;8-4-1-7(2-5-9)3-6-10/h3-34H2,1-2H3;8-10H,1-6H2. The SMILES string of the molecule is CCCCCCCCCCCCCCCCCCOS(=O)(=O)OCCCCCCCCCCCCCCCC.OCCN(CCO)CCO. The summed E-state index contributed by atoms with van der Waals surface area (Å²) in [7, 11) is -3.82. The van der Waals surface area contributed by atoms with Crippen LogP contribution in [0.4, 0.5) is 0 Å². The first-order chi connectivity index (χ1) is 24.0. The fourth-order valence-corrected chi connectivity index (χ4v) is 6.77. The van der Waals surface area contributed by atoms with Crippen LogP contribution in [0.1, 0.15) is 206 Å². The van der Waals surface area contributed by atoms with Crippen molar-refractivity contribution >= 4 is 10.4 Å². The highest BCUT2D eigenvalue weighted by molar-refractivity contribution is 7.81. The minimum absolute atomic E-state index is 0.0694. The van der Waals surface area contributed by atoms with Crippen molar-refractivity contribution in [1.82, 2.24) is 4.90 Å². The minimum atomic E-state index is -3.82. The normalized spacial score (nSPS) is 11.7. The van der Waals surface area contributed by atoms with Gasteiger partial charge in [0.05, 0.1) is 33.0 Å². The van der Waals surface area contributed by atoms with E-state index in [4.69, 9.17) is 23.7 Å². The molecule has 3 N–H and O–H groups in total. The van der Waals surface area contributed by atoms with E-state index in [0.29, 0.717) is 19.6 Å². The Morgan fingerprint density at radius 1 is 0.367 bits per heavy atom. The number of rotatable bonds is 40. The second kappa shape index (κ2) is 43.9. The number of hydrogen-bond acceptors (Lipinski definition) is 8. The highest BCUT2D eigenvalue weighted by Gasteiger charge is 2.11. The van der Waals surface area contributed by atoms with E-state index in [1.54, 1.807) is 4.90 Å². The van der Waals surface area contributed by atoms with Crippen molar-refractivity contribution in [3.63, 3.8) is 0 Å². The zero-order chi connectivity index (χ0) is 36.4. The van der Waals surface area contributed by atoms with Gasteiger partial charge in [-0.2, -0.15) is 8.42 Å². The molecule has 0 fully saturated rings. The van der Waals surface area contributed by atoms with E-state index in [1.807, 2.05) is 0 Å². The lowest BCUT2D eigenvalue weighted by Gasteiger charge is -2.17. The number of aliphatic hydroxyl groups excluding tert-OH is 3. The zero-order valence-electron chi connectivity index (χ0n) is 32.7. The number of aliphatic hydroxyl groups is 3. The van der Waals surface area contributed by atoms with Gasteiger partial charge in [-0.15, -0.1) is 0 Å². The summed E-state index contributed by atoms with van der Waals surface area (Å²) in [4.78, 5) is 1.79. The third-order valence-electron chi connectivity index (χ3n) is 9.20. The minimum Gasteiger partial charge on any atom is -0.395 e. The van der Waals surface area contributed by atoms with Crippen LogP contribution in [-0.2, 0) is 18.8 Å². The van der Waals surface area contributed by atoms with Crippen LogP contribution in [0.5, 0.6) is 0 Å². The quantitative estimate of drug-likeness (QED) is 0.0535. The Kier molecular flexibility index (Phi) is 45.5. The molecule has 0 saturated heterocycles. The Balaban J connectivity index is 0. The number of unbranched alkanes of at least 4 members (excludes halogenated alkanes) is 28. The third-order valence-corrected chi connectivity index (χ3v) is 10.1. The van der Waals surface area contributed by atoms with Crippen LogP contribution in [0.2, 0.25) is 0 Å². The molecule has 0 aromatic rings. The van der Waals surface area contributed by atoms with Gasteiger partial charge in [-0.25, -0.2) is 8.37 Å². The summed E-state index contributed by atoms with van der Waals surface area (Å²) in [5.74, 6) is 0. The summed E-state index contributed by atoms with van der Waals surface area (Å²) in [6, 6.07) is 0. The van der Waals surface area contributed by atoms with E-state index >= 15 is 0 Å². The molecule has 0 saturated carbocycles. The van der Waals surface area contributed by atoms with Crippen LogP contribution >= 0.6 is 0 Å². The molecule has 0 amide bonds. The highest BCUT2D eigenvalue weighted by Crippen LogP contribution is 2.15. The van der Waals surface area contributed by atoms with Crippen LogP contribution in [0, 0.1) is 0 Å². The van der Waals surface area contributed by atoms with Gasteiger partial charge in [0.15, 0.2) is 0 Å². The Bertz CT molecular complexity index is 682. The van der Waals surface area contributed by atoms with Gasteiger partial charge in [0.2, 0.25) is 0 Å². The predicted molar refractivity (Wildman–Crippen MR) is 208 cm³/mol. The second-order valence-corrected chi connectivity index (χ2v) is 15.3. The molecule has 0 rings (SSSR count). The average Bonchev–Trinajstić information content (AvgIpc) is 3.08. The lowest BCUT2D eigenvalue weighted by molar-refractivity contribution is 0.136. The van der Waals surface area contributed by atoms with Crippen molar-refractivity contribution in [2.45, 2.75) is 206 Å². The van der Waals surface area contributed by atoms with Crippen molar-refractivity contribution in [3.05, 3.63) is 0 Å². The molecule has 49 heavy (non-hydrogen) atoms. The maximum absolute atomic E-state index is 11.9. The van der Waals surface area contributed by atoms with Crippen molar-refractivity contribution in [2.24, 2.45) is 0 Å². The Hall–Kier alpha value is -0.290. The van der Waals surface area contributed by atoms with Crippen LogP contribution in [0.25, 0.3) is 0 Å². The van der Waals surface area contributed by atoms with Crippen molar-refractivity contribution < 1.29 is 32.1 Å². The lowest BCUT2D eigenvalue weighted by atomic mass is 10.0. The first kappa shape index (κ1) is 50.8. The first-order valence-electron chi connectivity index (χ1n) is 21.1. The van der Waals surface area contributed by atoms with Gasteiger partial charge >= 0.3 is 10.4 Å². The van der Waals surface area contributed by atoms with Crippen molar-refractivity contribution in [1.29, 1.82) is 0 Å². The molecular formula is C40H85NO7S. The average molecular weight is 724 g/mol. The molecule has 298 valence electrons. The van der Waals surface area contributed by atoms with Crippen LogP contribution < -0.4 is 0 Å². The Morgan fingerprint density at radius 2 is 0.571 bits per heavy atom. The molecule has 0 radical (unpaired) electrons. The summed E-state index contributed by atoms with van der Waals surface area (Å²) >= 11 is 0. The summed E-state index contributed by atoms with van der Waals surface area (Å²) in [6.45, 7) is 6.80. The molecule has 0 spiro atoms. The molecular weight excluding hydrogens is 639 g/mol. The highest BCUT2D eigenvalue weighted by atomic mass is 32.3. The summed E-state index contributed by atoms with van der Waals surface area (Å²) in [5.41, 5.74) is 0. The van der Waals surface area contributed by atoms with Crippen molar-refractivity contribution in [2.75, 3.05) is 52.7 Å². The maximum Gasteiger partial charge on any atom is 0.399 e. The molecule has 0 aliphatic heterocycles. The number of nitrogens with zero attached hydrogens (tertiary/aromatic N) is 1. The second-order valence-electron chi connectivity index (χ2n) is 14.0. The fourth-order valence-electron chi connectivity index (χ4n) is 6.06. The third kappa shape index (κ3) is 45.7. The van der Waals surface area contributed by atoms with Gasteiger partial charge in [-0.3, -0.25) is 4.90 Å². The fraction of sp³-hybridized carbons (Fsp3) is 1.00. The monoisotopic (exact) mass is 724 g/mol. The smallest absolute Gasteiger partial charge is 0.395 e. The van der Waals surface area contributed by atoms with E-state index in [0.717, 1.165) is 25.7 Å². The van der Waals surface area contributed by atoms with Crippen LogP contribution in [0.15, 0.2) is 0 Å². The number of hydrogen-bond donors (Lipinski definition) is 3. The topological polar surface area (TPSA) is 117 Å². The summed E-state index contributed by atoms with van der Waals surface area (Å²) in [6.07, 6.45) is 38.9. The van der Waals surface area contributed by atoms with E-state index in [2.05, 4.69) is 13.8 Å². The Labute approximate surface area is 305 Å². The zero-order valence-corrected chi connectivity index (χ0v) is 33.5. The largest absolute Gasteiger partial charge is 0.399 e. The molecule has 0 bridgehead atoms. The summed E-state index contributed by atoms with van der Waals surface area (Å²) < 4.78 is 33.8. The van der Waals surface area contributed by atoms with E-state index < -0.39 is 10.4 Å². The maximum atomic E-state index is 11.9. The van der Waals surface area contributed by atoms with Gasteiger partial charge in [-0.05, 0) is 12.8 Å². The summed E-state index contributed by atoms with van der Waals surface area (Å²) in [5, 5.41) is 25.5. The molecule has 0 aliphatic carbocycles. The molecule has 0 aliphatic rings. The Morgan fingerprint density at radius 3 is 0.776 bits per heavy atom. The van der Waals surface area contributed by atoms with Gasteiger partial charge in [-0.1, -0.05) is 194 Å². The molecule has 8 nitrogen and oxygen atoms in total. The lowest BCUT2D eigenvalue weighted by Crippen LogP contribution is -2.32. The van der Waals surface area contributed by atoms with Gasteiger partial charge in [0, 0.05) is 19.6 Å². The first-order valence-corrected chi connectivity index (χ1v) is 22.4. The molecule has 0 aromatic heterocycles. The van der Waals surface area contributed by atoms with Crippen molar-refractivity contribution in [3.8, 4) is 0 Å².